The molecule has 0 heterocycles. The Balaban J connectivity index is 1.44. The Hall–Kier alpha value is -3.24. The van der Waals surface area contributed by atoms with Gasteiger partial charge in [-0.25, -0.2) is 13.1 Å². The van der Waals surface area contributed by atoms with Gasteiger partial charge in [-0.15, -0.1) is 0 Å². The molecule has 5 N–H and O–H groups in total. The summed E-state index contributed by atoms with van der Waals surface area (Å²) in [6.07, 6.45) is 5.14. The minimum Gasteiger partial charge on any atom is -0.489 e. The summed E-state index contributed by atoms with van der Waals surface area (Å²) in [6, 6.07) is 22.6. The number of ether oxygens (including phenoxy) is 1. The van der Waals surface area contributed by atoms with Crippen molar-refractivity contribution in [1.29, 1.82) is 0 Å². The van der Waals surface area contributed by atoms with Crippen LogP contribution in [0.3, 0.4) is 0 Å². The number of sulfonamides is 1. The number of carbonyl (C=O) groups is 1. The molecule has 0 spiro atoms. The van der Waals surface area contributed by atoms with Crippen molar-refractivity contribution < 1.29 is 23.1 Å². The highest BCUT2D eigenvalue weighted by molar-refractivity contribution is 7.90. The number of rotatable bonds is 12. The highest BCUT2D eigenvalue weighted by atomic mass is 32.2. The molecular formula is C30H37N3O5S. The van der Waals surface area contributed by atoms with E-state index in [0.29, 0.717) is 6.54 Å². The number of benzene rings is 3. The molecule has 208 valence electrons. The number of aliphatic hydroxyl groups excluding tert-OH is 1. The van der Waals surface area contributed by atoms with E-state index in [1.54, 1.807) is 12.1 Å². The summed E-state index contributed by atoms with van der Waals surface area (Å²) in [4.78, 5) is 11.7. The second-order valence-corrected chi connectivity index (χ2v) is 11.5. The first-order valence-corrected chi connectivity index (χ1v) is 14.9. The third kappa shape index (κ3) is 8.12. The van der Waals surface area contributed by atoms with Crippen molar-refractivity contribution in [3.05, 3.63) is 83.9 Å². The number of hydrogen-bond acceptors (Lipinski definition) is 7. The first kappa shape index (κ1) is 28.8. The van der Waals surface area contributed by atoms with E-state index in [1.807, 2.05) is 59.3 Å². The van der Waals surface area contributed by atoms with Crippen LogP contribution in [0.2, 0.25) is 0 Å². The van der Waals surface area contributed by atoms with Gasteiger partial charge in [0.1, 0.15) is 10.6 Å². The number of hydrogen-bond donors (Lipinski definition) is 4. The molecule has 39 heavy (non-hydrogen) atoms. The summed E-state index contributed by atoms with van der Waals surface area (Å²) in [7, 11) is -4.12. The summed E-state index contributed by atoms with van der Waals surface area (Å²) < 4.78 is 34.0. The molecule has 4 rings (SSSR count). The van der Waals surface area contributed by atoms with Gasteiger partial charge in [0.2, 0.25) is 5.91 Å². The van der Waals surface area contributed by atoms with Gasteiger partial charge in [0.25, 0.3) is 10.0 Å². The van der Waals surface area contributed by atoms with Gasteiger partial charge in [0.05, 0.1) is 18.8 Å². The van der Waals surface area contributed by atoms with E-state index in [1.165, 1.54) is 6.07 Å². The minimum atomic E-state index is -4.12. The third-order valence-electron chi connectivity index (χ3n) is 6.91. The van der Waals surface area contributed by atoms with Crippen LogP contribution >= 0.6 is 0 Å². The van der Waals surface area contributed by atoms with Crippen molar-refractivity contribution in [2.45, 2.75) is 55.6 Å². The van der Waals surface area contributed by atoms with Gasteiger partial charge in [-0.3, -0.25) is 4.79 Å². The number of amides is 1. The summed E-state index contributed by atoms with van der Waals surface area (Å²) in [5.41, 5.74) is 9.09. The summed E-state index contributed by atoms with van der Waals surface area (Å²) in [5.74, 6) is -0.538. The maximum Gasteiger partial charge on any atom is 0.267 e. The zero-order valence-corrected chi connectivity index (χ0v) is 22.8. The van der Waals surface area contributed by atoms with Crippen molar-refractivity contribution >= 4 is 15.9 Å². The van der Waals surface area contributed by atoms with Gasteiger partial charge in [-0.2, -0.15) is 0 Å². The zero-order chi connectivity index (χ0) is 27.7. The van der Waals surface area contributed by atoms with Crippen molar-refractivity contribution in [3.8, 4) is 16.9 Å². The lowest BCUT2D eigenvalue weighted by atomic mass is 9.97. The molecule has 1 aliphatic rings. The SMILES string of the molecule is NCC(=O)NS(=O)(=O)c1ccc(-c2ccc(CCNC[C@H](O)c3ccccc3)cc2)cc1OC1CCCCC1. The third-order valence-corrected chi connectivity index (χ3v) is 8.33. The van der Waals surface area contributed by atoms with Gasteiger partial charge < -0.3 is 20.9 Å². The van der Waals surface area contributed by atoms with Crippen molar-refractivity contribution in [1.82, 2.24) is 10.0 Å². The van der Waals surface area contributed by atoms with Crippen molar-refractivity contribution in [2.24, 2.45) is 5.73 Å². The fourth-order valence-corrected chi connectivity index (χ4v) is 5.85. The quantitative estimate of drug-likeness (QED) is 0.253. The molecule has 1 saturated carbocycles. The maximum atomic E-state index is 12.9. The van der Waals surface area contributed by atoms with Gasteiger partial charge in [-0.05, 0) is 73.0 Å². The smallest absolute Gasteiger partial charge is 0.267 e. The highest BCUT2D eigenvalue weighted by Gasteiger charge is 2.25. The van der Waals surface area contributed by atoms with E-state index in [-0.39, 0.29) is 16.7 Å². The Bertz CT molecular complexity index is 1320. The maximum absolute atomic E-state index is 12.9. The molecule has 3 aromatic rings. The van der Waals surface area contributed by atoms with E-state index < -0.39 is 28.6 Å². The Morgan fingerprint density at radius 3 is 2.36 bits per heavy atom. The lowest BCUT2D eigenvalue weighted by Crippen LogP contribution is -2.35. The molecule has 0 aromatic heterocycles. The molecule has 9 heteroatoms. The normalized spacial score (nSPS) is 15.0. The second-order valence-electron chi connectivity index (χ2n) is 9.85. The Kier molecular flexibility index (Phi) is 10.1. The standard InChI is InChI=1S/C30H37N3O5S/c31-20-30(35)33-39(36,37)29-16-15-25(19-28(29)38-26-9-5-2-6-10-26)23-13-11-22(12-14-23)17-18-32-21-27(34)24-7-3-1-4-8-24/h1,3-4,7-8,11-16,19,26-27,32,34H,2,5-6,9-10,17-18,20-21,31H2,(H,33,35)/t27-/m0/s1. The largest absolute Gasteiger partial charge is 0.489 e. The number of nitrogens with two attached hydrogens (primary N) is 1. The summed E-state index contributed by atoms with van der Waals surface area (Å²) in [5, 5.41) is 13.6. The minimum absolute atomic E-state index is 0.0663. The van der Waals surface area contributed by atoms with E-state index in [0.717, 1.165) is 67.3 Å². The van der Waals surface area contributed by atoms with Crippen molar-refractivity contribution in [3.63, 3.8) is 0 Å². The molecule has 0 radical (unpaired) electrons. The molecule has 0 unspecified atom stereocenters. The first-order chi connectivity index (χ1) is 18.9. The van der Waals surface area contributed by atoms with Crippen LogP contribution < -0.4 is 20.5 Å². The van der Waals surface area contributed by atoms with Crippen LogP contribution in [0, 0.1) is 0 Å². The number of carbonyl (C=O) groups excluding carboxylic acids is 1. The molecule has 1 aliphatic carbocycles. The lowest BCUT2D eigenvalue weighted by Gasteiger charge is -2.24. The molecule has 1 fully saturated rings. The number of aliphatic hydroxyl groups is 1. The molecule has 1 amide bonds. The average Bonchev–Trinajstić information content (AvgIpc) is 2.96. The molecule has 0 aliphatic heterocycles. The Labute approximate surface area is 230 Å². The molecular weight excluding hydrogens is 514 g/mol. The van der Waals surface area contributed by atoms with Gasteiger partial charge >= 0.3 is 0 Å². The van der Waals surface area contributed by atoms with Crippen LogP contribution in [-0.2, 0) is 21.2 Å². The topological polar surface area (TPSA) is 131 Å². The first-order valence-electron chi connectivity index (χ1n) is 13.4. The highest BCUT2D eigenvalue weighted by Crippen LogP contribution is 2.33. The van der Waals surface area contributed by atoms with E-state index in [4.69, 9.17) is 10.5 Å². The predicted molar refractivity (Wildman–Crippen MR) is 152 cm³/mol. The number of nitrogens with one attached hydrogen (secondary N) is 2. The Morgan fingerprint density at radius 2 is 1.67 bits per heavy atom. The monoisotopic (exact) mass is 551 g/mol. The van der Waals surface area contributed by atoms with Gasteiger partial charge in [0, 0.05) is 6.54 Å². The van der Waals surface area contributed by atoms with Crippen LogP contribution in [0.5, 0.6) is 5.75 Å². The van der Waals surface area contributed by atoms with Gasteiger partial charge in [0.15, 0.2) is 0 Å². The van der Waals surface area contributed by atoms with Crippen LogP contribution in [-0.4, -0.2) is 45.2 Å². The van der Waals surface area contributed by atoms with Crippen LogP contribution in [0.25, 0.3) is 11.1 Å². The van der Waals surface area contributed by atoms with Crippen LogP contribution in [0.1, 0.15) is 49.3 Å². The molecule has 1 atom stereocenters. The Morgan fingerprint density at radius 1 is 0.974 bits per heavy atom. The summed E-state index contributed by atoms with van der Waals surface area (Å²) in [6.45, 7) is 0.780. The average molecular weight is 552 g/mol. The fourth-order valence-electron chi connectivity index (χ4n) is 4.74. The molecule has 0 bridgehead atoms. The molecule has 3 aromatic carbocycles. The van der Waals surface area contributed by atoms with Crippen molar-refractivity contribution in [2.75, 3.05) is 19.6 Å². The van der Waals surface area contributed by atoms with E-state index in [2.05, 4.69) is 5.32 Å². The predicted octanol–water partition coefficient (Wildman–Crippen LogP) is 3.69. The second kappa shape index (κ2) is 13.7. The molecule has 8 nitrogen and oxygen atoms in total. The van der Waals surface area contributed by atoms with Crippen LogP contribution in [0.15, 0.2) is 77.7 Å². The molecule has 0 saturated heterocycles. The zero-order valence-electron chi connectivity index (χ0n) is 22.0. The summed E-state index contributed by atoms with van der Waals surface area (Å²) >= 11 is 0. The van der Waals surface area contributed by atoms with Gasteiger partial charge in [-0.1, -0.05) is 67.1 Å². The van der Waals surface area contributed by atoms with Crippen LogP contribution in [0.4, 0.5) is 0 Å². The van der Waals surface area contributed by atoms with E-state index >= 15 is 0 Å². The fraction of sp³-hybridized carbons (Fsp3) is 0.367. The lowest BCUT2D eigenvalue weighted by molar-refractivity contribution is -0.118. The van der Waals surface area contributed by atoms with E-state index in [9.17, 15) is 18.3 Å².